The average molecular weight is 279 g/mol. The molecule has 1 amide bonds. The molecule has 0 heterocycles. The second kappa shape index (κ2) is 10.7. The maximum absolute atomic E-state index is 12.3. The van der Waals surface area contributed by atoms with Crippen molar-refractivity contribution in [3.63, 3.8) is 0 Å². The van der Waals surface area contributed by atoms with E-state index in [0.717, 1.165) is 38.8 Å². The number of rotatable bonds is 9. The Morgan fingerprint density at radius 2 is 1.80 bits per heavy atom. The number of hydrogen-bond donors (Lipinski definition) is 0. The van der Waals surface area contributed by atoms with Gasteiger partial charge in [-0.1, -0.05) is 44.1 Å². The Labute approximate surface area is 125 Å². The van der Waals surface area contributed by atoms with Crippen molar-refractivity contribution in [3.05, 3.63) is 23.3 Å². The Morgan fingerprint density at radius 1 is 1.15 bits per heavy atom. The summed E-state index contributed by atoms with van der Waals surface area (Å²) >= 11 is 0. The molecule has 2 heteroatoms. The second-order valence-corrected chi connectivity index (χ2v) is 5.96. The fourth-order valence-electron chi connectivity index (χ4n) is 2.00. The van der Waals surface area contributed by atoms with Gasteiger partial charge in [0.1, 0.15) is 0 Å². The molecule has 0 radical (unpaired) electrons. The van der Waals surface area contributed by atoms with Crippen LogP contribution in [0.5, 0.6) is 0 Å². The number of hydrogen-bond acceptors (Lipinski definition) is 1. The zero-order valence-corrected chi connectivity index (χ0v) is 14.3. The normalized spacial score (nSPS) is 13.0. The Hall–Kier alpha value is -1.05. The molecule has 1 atom stereocenters. The molecular formula is C18H33NO. The Balaban J connectivity index is 4.44. The van der Waals surface area contributed by atoms with Crippen LogP contribution in [-0.2, 0) is 4.79 Å². The maximum Gasteiger partial charge on any atom is 0.225 e. The van der Waals surface area contributed by atoms with Gasteiger partial charge in [-0.25, -0.2) is 0 Å². The summed E-state index contributed by atoms with van der Waals surface area (Å²) in [5, 5.41) is 0. The molecule has 0 aliphatic carbocycles. The molecule has 0 aliphatic heterocycles. The van der Waals surface area contributed by atoms with Gasteiger partial charge in [0.15, 0.2) is 0 Å². The molecule has 0 spiro atoms. The highest BCUT2D eigenvalue weighted by molar-refractivity contribution is 5.78. The second-order valence-electron chi connectivity index (χ2n) is 5.96. The topological polar surface area (TPSA) is 20.3 Å². The van der Waals surface area contributed by atoms with E-state index in [9.17, 15) is 4.79 Å². The van der Waals surface area contributed by atoms with Crippen LogP contribution in [0.3, 0.4) is 0 Å². The molecule has 0 aromatic carbocycles. The van der Waals surface area contributed by atoms with Crippen LogP contribution in [0.4, 0.5) is 0 Å². The summed E-state index contributed by atoms with van der Waals surface area (Å²) in [6, 6.07) is 0. The maximum atomic E-state index is 12.3. The van der Waals surface area contributed by atoms with Crippen molar-refractivity contribution in [2.75, 3.05) is 13.1 Å². The van der Waals surface area contributed by atoms with Gasteiger partial charge in [0.05, 0.1) is 0 Å². The molecule has 0 bridgehead atoms. The van der Waals surface area contributed by atoms with Crippen LogP contribution >= 0.6 is 0 Å². The number of carbonyl (C=O) groups excluding carboxylic acids is 1. The van der Waals surface area contributed by atoms with Gasteiger partial charge in [-0.2, -0.15) is 0 Å². The highest BCUT2D eigenvalue weighted by Crippen LogP contribution is 2.10. The third-order valence-corrected chi connectivity index (χ3v) is 3.59. The fourth-order valence-corrected chi connectivity index (χ4v) is 2.00. The summed E-state index contributed by atoms with van der Waals surface area (Å²) in [6.07, 6.45) is 8.61. The zero-order chi connectivity index (χ0) is 15.5. The summed E-state index contributed by atoms with van der Waals surface area (Å²) in [4.78, 5) is 14.3. The number of nitrogens with zero attached hydrogens (tertiary/aromatic N) is 1. The first kappa shape index (κ1) is 18.9. The van der Waals surface area contributed by atoms with Crippen molar-refractivity contribution < 1.29 is 4.79 Å². The molecule has 0 N–H and O–H groups in total. The lowest BCUT2D eigenvalue weighted by Crippen LogP contribution is -2.35. The molecule has 116 valence electrons. The van der Waals surface area contributed by atoms with Gasteiger partial charge in [-0.05, 0) is 46.5 Å². The molecule has 1 unspecified atom stereocenters. The number of allylic oxidation sites excluding steroid dienone is 3. The molecule has 2 nitrogen and oxygen atoms in total. The van der Waals surface area contributed by atoms with Crippen LogP contribution in [-0.4, -0.2) is 23.9 Å². The van der Waals surface area contributed by atoms with Crippen molar-refractivity contribution in [1.29, 1.82) is 0 Å². The third-order valence-electron chi connectivity index (χ3n) is 3.59. The van der Waals surface area contributed by atoms with E-state index in [1.54, 1.807) is 0 Å². The van der Waals surface area contributed by atoms with Crippen molar-refractivity contribution >= 4 is 5.91 Å². The van der Waals surface area contributed by atoms with Crippen LogP contribution in [0.1, 0.15) is 67.2 Å². The van der Waals surface area contributed by atoms with Gasteiger partial charge in [-0.3, -0.25) is 4.79 Å². The molecule has 0 aromatic heterocycles. The van der Waals surface area contributed by atoms with E-state index in [2.05, 4.69) is 46.8 Å². The van der Waals surface area contributed by atoms with Gasteiger partial charge >= 0.3 is 0 Å². The fraction of sp³-hybridized carbons (Fsp3) is 0.722. The van der Waals surface area contributed by atoms with Gasteiger partial charge < -0.3 is 4.90 Å². The van der Waals surface area contributed by atoms with Crippen LogP contribution in [0.25, 0.3) is 0 Å². The van der Waals surface area contributed by atoms with E-state index in [1.165, 1.54) is 11.1 Å². The summed E-state index contributed by atoms with van der Waals surface area (Å²) < 4.78 is 0. The molecule has 0 saturated heterocycles. The van der Waals surface area contributed by atoms with Crippen LogP contribution in [0.15, 0.2) is 23.3 Å². The monoisotopic (exact) mass is 279 g/mol. The minimum absolute atomic E-state index is 0.140. The molecule has 0 aromatic rings. The van der Waals surface area contributed by atoms with Crippen molar-refractivity contribution in [3.8, 4) is 0 Å². The largest absolute Gasteiger partial charge is 0.339 e. The Bertz CT molecular complexity index is 337. The van der Waals surface area contributed by atoms with E-state index in [4.69, 9.17) is 0 Å². The summed E-state index contributed by atoms with van der Waals surface area (Å²) in [7, 11) is 0. The van der Waals surface area contributed by atoms with Gasteiger partial charge in [0.2, 0.25) is 5.91 Å². The quantitative estimate of drug-likeness (QED) is 0.546. The molecular weight excluding hydrogens is 246 g/mol. The summed E-state index contributed by atoms with van der Waals surface area (Å²) in [5.41, 5.74) is 2.75. The molecule has 0 fully saturated rings. The first-order valence-corrected chi connectivity index (χ1v) is 8.00. The Kier molecular flexibility index (Phi) is 10.1. The summed E-state index contributed by atoms with van der Waals surface area (Å²) in [6.45, 7) is 14.3. The van der Waals surface area contributed by atoms with Gasteiger partial charge in [0.25, 0.3) is 0 Å². The predicted molar refractivity (Wildman–Crippen MR) is 88.7 cm³/mol. The summed E-state index contributed by atoms with van der Waals surface area (Å²) in [5.74, 6) is 0.434. The van der Waals surface area contributed by atoms with Crippen molar-refractivity contribution in [1.82, 2.24) is 4.90 Å². The minimum atomic E-state index is 0.140. The van der Waals surface area contributed by atoms with E-state index in [1.807, 2.05) is 11.8 Å². The standard InChI is InChI=1S/C18H33NO/c1-7-13-19(18(20)17(6)8-2)14-12-16(5)11-9-10-15(3)4/h10,12,17H,7-9,11,13-14H2,1-6H3/b16-12+. The lowest BCUT2D eigenvalue weighted by Gasteiger charge is -2.24. The zero-order valence-electron chi connectivity index (χ0n) is 14.3. The van der Waals surface area contributed by atoms with Crippen LogP contribution in [0.2, 0.25) is 0 Å². The third kappa shape index (κ3) is 8.19. The lowest BCUT2D eigenvalue weighted by atomic mass is 10.1. The van der Waals surface area contributed by atoms with E-state index in [0.29, 0.717) is 5.91 Å². The van der Waals surface area contributed by atoms with Crippen LogP contribution in [0, 0.1) is 5.92 Å². The van der Waals surface area contributed by atoms with Crippen molar-refractivity contribution in [2.24, 2.45) is 5.92 Å². The predicted octanol–water partition coefficient (Wildman–Crippen LogP) is 4.96. The highest BCUT2D eigenvalue weighted by atomic mass is 16.2. The van der Waals surface area contributed by atoms with E-state index in [-0.39, 0.29) is 5.92 Å². The smallest absolute Gasteiger partial charge is 0.225 e. The SMILES string of the molecule is CCCN(C/C=C(\C)CCC=C(C)C)C(=O)C(C)CC. The molecule has 0 saturated carbocycles. The average Bonchev–Trinajstić information content (AvgIpc) is 2.41. The Morgan fingerprint density at radius 3 is 2.30 bits per heavy atom. The number of carbonyl (C=O) groups is 1. The highest BCUT2D eigenvalue weighted by Gasteiger charge is 2.17. The van der Waals surface area contributed by atoms with Gasteiger partial charge in [0, 0.05) is 19.0 Å². The molecule has 20 heavy (non-hydrogen) atoms. The minimum Gasteiger partial charge on any atom is -0.339 e. The van der Waals surface area contributed by atoms with Crippen molar-refractivity contribution in [2.45, 2.75) is 67.2 Å². The van der Waals surface area contributed by atoms with Crippen LogP contribution < -0.4 is 0 Å². The number of amides is 1. The van der Waals surface area contributed by atoms with E-state index < -0.39 is 0 Å². The van der Waals surface area contributed by atoms with E-state index >= 15 is 0 Å². The van der Waals surface area contributed by atoms with Gasteiger partial charge in [-0.15, -0.1) is 0 Å². The molecule has 0 rings (SSSR count). The first-order valence-electron chi connectivity index (χ1n) is 8.00. The first-order chi connectivity index (χ1) is 9.42. The lowest BCUT2D eigenvalue weighted by molar-refractivity contribution is -0.134. The molecule has 0 aliphatic rings.